The van der Waals surface area contributed by atoms with Crippen LogP contribution in [0.5, 0.6) is 0 Å². The second-order valence-electron chi connectivity index (χ2n) is 3.81. The highest BCUT2D eigenvalue weighted by molar-refractivity contribution is 9.10. The molecule has 0 radical (unpaired) electrons. The molecule has 1 aromatic carbocycles. The Kier molecular flexibility index (Phi) is 3.61. The van der Waals surface area contributed by atoms with Crippen molar-refractivity contribution < 1.29 is 5.21 Å². The van der Waals surface area contributed by atoms with Crippen LogP contribution in [-0.2, 0) is 6.54 Å². The van der Waals surface area contributed by atoms with Crippen LogP contribution in [0.4, 0.5) is 5.69 Å². The summed E-state index contributed by atoms with van der Waals surface area (Å²) < 4.78 is 1.11. The van der Waals surface area contributed by atoms with E-state index in [4.69, 9.17) is 5.21 Å². The molecule has 15 heavy (non-hydrogen) atoms. The number of hydrogen-bond donors (Lipinski definition) is 2. The molecule has 2 N–H and O–H groups in total. The molecule has 1 saturated heterocycles. The van der Waals surface area contributed by atoms with Gasteiger partial charge in [0.1, 0.15) is 0 Å². The van der Waals surface area contributed by atoms with Crippen LogP contribution in [0.3, 0.4) is 0 Å². The highest BCUT2D eigenvalue weighted by atomic mass is 79.9. The van der Waals surface area contributed by atoms with Crippen molar-refractivity contribution in [2.45, 2.75) is 19.4 Å². The molecule has 0 spiro atoms. The lowest BCUT2D eigenvalue weighted by Gasteiger charge is -2.19. The van der Waals surface area contributed by atoms with Crippen LogP contribution >= 0.6 is 15.9 Å². The van der Waals surface area contributed by atoms with Gasteiger partial charge < -0.3 is 10.1 Å². The molecule has 1 fully saturated rings. The molecule has 0 aliphatic carbocycles. The van der Waals surface area contributed by atoms with Crippen molar-refractivity contribution in [1.82, 2.24) is 5.48 Å². The molecule has 1 aliphatic heterocycles. The zero-order valence-corrected chi connectivity index (χ0v) is 10.1. The Morgan fingerprint density at radius 3 is 2.67 bits per heavy atom. The zero-order valence-electron chi connectivity index (χ0n) is 8.54. The Morgan fingerprint density at radius 2 is 2.07 bits per heavy atom. The number of nitrogens with zero attached hydrogens (tertiary/aromatic N) is 1. The minimum Gasteiger partial charge on any atom is -0.371 e. The number of hydrogen-bond acceptors (Lipinski definition) is 3. The summed E-state index contributed by atoms with van der Waals surface area (Å²) in [6, 6.07) is 6.21. The van der Waals surface area contributed by atoms with Gasteiger partial charge >= 0.3 is 0 Å². The summed E-state index contributed by atoms with van der Waals surface area (Å²) in [6.07, 6.45) is 2.57. The maximum absolute atomic E-state index is 8.62. The first-order chi connectivity index (χ1) is 7.31. The third kappa shape index (κ3) is 2.51. The lowest BCUT2D eigenvalue weighted by Crippen LogP contribution is -2.18. The van der Waals surface area contributed by atoms with Gasteiger partial charge in [-0.05, 0) is 46.5 Å². The van der Waals surface area contributed by atoms with Crippen LogP contribution < -0.4 is 10.4 Å². The van der Waals surface area contributed by atoms with E-state index in [0.29, 0.717) is 6.54 Å². The van der Waals surface area contributed by atoms with Crippen LogP contribution in [0.15, 0.2) is 22.7 Å². The minimum absolute atomic E-state index is 0.485. The normalized spacial score (nSPS) is 16.0. The van der Waals surface area contributed by atoms with Crippen molar-refractivity contribution in [3.05, 3.63) is 28.2 Å². The minimum atomic E-state index is 0.485. The summed E-state index contributed by atoms with van der Waals surface area (Å²) in [6.45, 7) is 2.78. The molecule has 0 unspecified atom stereocenters. The molecule has 0 atom stereocenters. The number of halogens is 1. The second kappa shape index (κ2) is 4.96. The van der Waals surface area contributed by atoms with E-state index in [1.165, 1.54) is 18.5 Å². The molecule has 0 saturated carbocycles. The first-order valence-electron chi connectivity index (χ1n) is 5.21. The summed E-state index contributed by atoms with van der Waals surface area (Å²) in [4.78, 5) is 2.39. The fraction of sp³-hybridized carbons (Fsp3) is 0.455. The largest absolute Gasteiger partial charge is 0.371 e. The smallest absolute Gasteiger partial charge is 0.0510 e. The van der Waals surface area contributed by atoms with Crippen molar-refractivity contribution in [3.8, 4) is 0 Å². The molecule has 3 nitrogen and oxygen atoms in total. The highest BCUT2D eigenvalue weighted by Gasteiger charge is 2.14. The molecular weight excluding hydrogens is 256 g/mol. The van der Waals surface area contributed by atoms with Crippen molar-refractivity contribution in [3.63, 3.8) is 0 Å². The summed E-state index contributed by atoms with van der Waals surface area (Å²) >= 11 is 3.58. The molecule has 1 heterocycles. The van der Waals surface area contributed by atoms with Crippen LogP contribution in [0.2, 0.25) is 0 Å². The Bertz CT molecular complexity index is 337. The van der Waals surface area contributed by atoms with Gasteiger partial charge in [-0.2, -0.15) is 0 Å². The van der Waals surface area contributed by atoms with Crippen LogP contribution in [0, 0.1) is 0 Å². The summed E-state index contributed by atoms with van der Waals surface area (Å²) in [5, 5.41) is 8.62. The second-order valence-corrected chi connectivity index (χ2v) is 4.67. The predicted octanol–water partition coefficient (Wildman–Crippen LogP) is 2.53. The molecule has 82 valence electrons. The molecule has 0 aromatic heterocycles. The Labute approximate surface area is 98.2 Å². The lowest BCUT2D eigenvalue weighted by molar-refractivity contribution is 0.161. The van der Waals surface area contributed by atoms with Gasteiger partial charge in [0.15, 0.2) is 0 Å². The Balaban J connectivity index is 2.18. The van der Waals surface area contributed by atoms with E-state index >= 15 is 0 Å². The van der Waals surface area contributed by atoms with Gasteiger partial charge in [0.25, 0.3) is 0 Å². The fourth-order valence-electron chi connectivity index (χ4n) is 1.97. The monoisotopic (exact) mass is 270 g/mol. The average Bonchev–Trinajstić information content (AvgIpc) is 2.71. The quantitative estimate of drug-likeness (QED) is 0.829. The summed E-state index contributed by atoms with van der Waals surface area (Å²) in [5.41, 5.74) is 4.50. The number of hydroxylamine groups is 1. The first-order valence-corrected chi connectivity index (χ1v) is 6.01. The standard InChI is InChI=1S/C11H15BrN2O/c12-10-7-9(8-13-15)3-4-11(10)14-5-1-2-6-14/h3-4,7,13,15H,1-2,5-6,8H2. The molecule has 1 aromatic rings. The molecule has 0 bridgehead atoms. The van der Waals surface area contributed by atoms with E-state index in [2.05, 4.69) is 38.4 Å². The van der Waals surface area contributed by atoms with E-state index < -0.39 is 0 Å². The van der Waals surface area contributed by atoms with E-state index in [-0.39, 0.29) is 0 Å². The summed E-state index contributed by atoms with van der Waals surface area (Å²) in [5.74, 6) is 0. The first kappa shape index (κ1) is 10.9. The van der Waals surface area contributed by atoms with E-state index in [0.717, 1.165) is 23.1 Å². The molecule has 4 heteroatoms. The third-order valence-electron chi connectivity index (χ3n) is 2.74. The number of benzene rings is 1. The number of rotatable bonds is 3. The number of anilines is 1. The summed E-state index contributed by atoms with van der Waals surface area (Å²) in [7, 11) is 0. The fourth-order valence-corrected chi connectivity index (χ4v) is 2.64. The molecule has 1 aliphatic rings. The third-order valence-corrected chi connectivity index (χ3v) is 3.38. The van der Waals surface area contributed by atoms with Gasteiger partial charge in [-0.3, -0.25) is 0 Å². The van der Waals surface area contributed by atoms with Crippen LogP contribution in [0.1, 0.15) is 18.4 Å². The van der Waals surface area contributed by atoms with Gasteiger partial charge in [0, 0.05) is 24.1 Å². The topological polar surface area (TPSA) is 35.5 Å². The van der Waals surface area contributed by atoms with Gasteiger partial charge in [-0.25, -0.2) is 5.48 Å². The maximum Gasteiger partial charge on any atom is 0.0510 e. The van der Waals surface area contributed by atoms with Crippen LogP contribution in [-0.4, -0.2) is 18.3 Å². The van der Waals surface area contributed by atoms with E-state index in [9.17, 15) is 0 Å². The lowest BCUT2D eigenvalue weighted by atomic mass is 10.2. The zero-order chi connectivity index (χ0) is 10.7. The molecular formula is C11H15BrN2O. The van der Waals surface area contributed by atoms with Crippen molar-refractivity contribution in [2.24, 2.45) is 0 Å². The van der Waals surface area contributed by atoms with Gasteiger partial charge in [0.05, 0.1) is 5.69 Å². The van der Waals surface area contributed by atoms with Gasteiger partial charge in [-0.15, -0.1) is 0 Å². The van der Waals surface area contributed by atoms with Crippen LogP contribution in [0.25, 0.3) is 0 Å². The van der Waals surface area contributed by atoms with Crippen molar-refractivity contribution >= 4 is 21.6 Å². The SMILES string of the molecule is ONCc1ccc(N2CCCC2)c(Br)c1. The van der Waals surface area contributed by atoms with Gasteiger partial charge in [0.2, 0.25) is 0 Å². The van der Waals surface area contributed by atoms with Crippen molar-refractivity contribution in [1.29, 1.82) is 0 Å². The Hall–Kier alpha value is -0.580. The van der Waals surface area contributed by atoms with E-state index in [1.54, 1.807) is 0 Å². The van der Waals surface area contributed by atoms with Gasteiger partial charge in [-0.1, -0.05) is 6.07 Å². The molecule has 0 amide bonds. The van der Waals surface area contributed by atoms with E-state index in [1.807, 2.05) is 6.07 Å². The predicted molar refractivity (Wildman–Crippen MR) is 64.2 cm³/mol. The molecule has 2 rings (SSSR count). The highest BCUT2D eigenvalue weighted by Crippen LogP contribution is 2.29. The Morgan fingerprint density at radius 1 is 1.33 bits per heavy atom. The maximum atomic E-state index is 8.62. The average molecular weight is 271 g/mol. The number of nitrogens with one attached hydrogen (secondary N) is 1. The van der Waals surface area contributed by atoms with Crippen molar-refractivity contribution in [2.75, 3.05) is 18.0 Å².